The third-order valence-electron chi connectivity index (χ3n) is 3.46. The molecule has 6 nitrogen and oxygen atoms in total. The van der Waals surface area contributed by atoms with Gasteiger partial charge in [0.15, 0.2) is 0 Å². The molecule has 0 fully saturated rings. The fraction of sp³-hybridized carbons (Fsp3) is 0.471. The molecular formula is C17H21F3N4O2. The van der Waals surface area contributed by atoms with Crippen LogP contribution in [0.3, 0.4) is 0 Å². The van der Waals surface area contributed by atoms with E-state index < -0.39 is 29.5 Å². The zero-order chi connectivity index (χ0) is 19.5. The van der Waals surface area contributed by atoms with Gasteiger partial charge in [-0.05, 0) is 38.0 Å². The number of amides is 1. The second-order valence-electron chi connectivity index (χ2n) is 6.86. The quantitative estimate of drug-likeness (QED) is 0.895. The summed E-state index contributed by atoms with van der Waals surface area (Å²) in [6, 6.07) is 2.27. The van der Waals surface area contributed by atoms with E-state index in [1.807, 2.05) is 0 Å². The molecule has 2 rings (SSSR count). The molecule has 0 radical (unpaired) electrons. The molecular weight excluding hydrogens is 349 g/mol. The number of ether oxygens (including phenoxy) is 1. The zero-order valence-corrected chi connectivity index (χ0v) is 15.0. The minimum absolute atomic E-state index is 0.133. The van der Waals surface area contributed by atoms with Gasteiger partial charge in [0.2, 0.25) is 0 Å². The van der Waals surface area contributed by atoms with Gasteiger partial charge in [0.1, 0.15) is 11.3 Å². The molecule has 0 spiro atoms. The van der Waals surface area contributed by atoms with Gasteiger partial charge in [-0.3, -0.25) is 9.67 Å². The third kappa shape index (κ3) is 5.47. The molecule has 2 heterocycles. The minimum atomic E-state index is -4.50. The number of nitrogens with one attached hydrogen (secondary N) is 1. The van der Waals surface area contributed by atoms with Crippen molar-refractivity contribution in [1.82, 2.24) is 20.1 Å². The first-order valence-corrected chi connectivity index (χ1v) is 7.94. The van der Waals surface area contributed by atoms with E-state index in [0.29, 0.717) is 5.56 Å². The van der Waals surface area contributed by atoms with Gasteiger partial charge in [-0.2, -0.15) is 18.3 Å². The average molecular weight is 370 g/mol. The molecule has 0 aromatic carbocycles. The van der Waals surface area contributed by atoms with Crippen LogP contribution in [0.4, 0.5) is 18.0 Å². The highest BCUT2D eigenvalue weighted by Gasteiger charge is 2.32. The van der Waals surface area contributed by atoms with Crippen molar-refractivity contribution >= 4 is 6.09 Å². The van der Waals surface area contributed by atoms with Gasteiger partial charge in [-0.1, -0.05) is 6.07 Å². The van der Waals surface area contributed by atoms with Crippen molar-refractivity contribution < 1.29 is 22.7 Å². The topological polar surface area (TPSA) is 69.0 Å². The Morgan fingerprint density at radius 2 is 1.92 bits per heavy atom. The van der Waals surface area contributed by atoms with Crippen LogP contribution < -0.4 is 5.32 Å². The lowest BCUT2D eigenvalue weighted by atomic mass is 9.94. The highest BCUT2D eigenvalue weighted by atomic mass is 19.4. The number of pyridine rings is 1. The summed E-state index contributed by atoms with van der Waals surface area (Å²) < 4.78 is 44.9. The fourth-order valence-corrected chi connectivity index (χ4v) is 2.33. The summed E-state index contributed by atoms with van der Waals surface area (Å²) in [5.41, 5.74) is -0.345. The van der Waals surface area contributed by atoms with Crippen molar-refractivity contribution in [2.24, 2.45) is 7.05 Å². The van der Waals surface area contributed by atoms with Gasteiger partial charge in [-0.25, -0.2) is 4.79 Å². The van der Waals surface area contributed by atoms with Crippen molar-refractivity contribution in [3.05, 3.63) is 47.5 Å². The summed E-state index contributed by atoms with van der Waals surface area (Å²) >= 11 is 0. The van der Waals surface area contributed by atoms with E-state index in [4.69, 9.17) is 4.74 Å². The Kier molecular flexibility index (Phi) is 5.58. The second-order valence-corrected chi connectivity index (χ2v) is 6.86. The second kappa shape index (κ2) is 7.35. The third-order valence-corrected chi connectivity index (χ3v) is 3.46. The van der Waals surface area contributed by atoms with Gasteiger partial charge in [-0.15, -0.1) is 0 Å². The average Bonchev–Trinajstić information content (AvgIpc) is 2.91. The van der Waals surface area contributed by atoms with Crippen LogP contribution in [0.1, 0.15) is 43.5 Å². The Morgan fingerprint density at radius 1 is 1.23 bits per heavy atom. The molecule has 1 atom stereocenters. The standard InChI is InChI=1S/C17H21F3N4O2/c1-16(2,3)26-15(25)22-9-13(12-8-23-24(4)10-12)11-5-6-14(21-7-11)17(18,19)20/h5-8,10,13H,9H2,1-4H3,(H,22,25)/t13-/m0/s1. The highest BCUT2D eigenvalue weighted by molar-refractivity contribution is 5.67. The summed E-state index contributed by atoms with van der Waals surface area (Å²) in [4.78, 5) is 15.4. The predicted molar refractivity (Wildman–Crippen MR) is 88.5 cm³/mol. The Labute approximate surface area is 149 Å². The van der Waals surface area contributed by atoms with E-state index >= 15 is 0 Å². The molecule has 26 heavy (non-hydrogen) atoms. The van der Waals surface area contributed by atoms with E-state index in [1.165, 1.54) is 6.07 Å². The van der Waals surface area contributed by atoms with Crippen LogP contribution in [0.5, 0.6) is 0 Å². The largest absolute Gasteiger partial charge is 0.444 e. The lowest BCUT2D eigenvalue weighted by Gasteiger charge is -2.22. The number of carbonyl (C=O) groups is 1. The van der Waals surface area contributed by atoms with Crippen LogP contribution in [-0.4, -0.2) is 33.0 Å². The maximum Gasteiger partial charge on any atom is 0.433 e. The summed E-state index contributed by atoms with van der Waals surface area (Å²) in [6.07, 6.45) is -0.613. The molecule has 9 heteroatoms. The van der Waals surface area contributed by atoms with E-state index in [9.17, 15) is 18.0 Å². The van der Waals surface area contributed by atoms with Crippen LogP contribution in [0, 0.1) is 0 Å². The number of hydrogen-bond acceptors (Lipinski definition) is 4. The number of aromatic nitrogens is 3. The molecule has 0 unspecified atom stereocenters. The van der Waals surface area contributed by atoms with Gasteiger partial charge < -0.3 is 10.1 Å². The summed E-state index contributed by atoms with van der Waals surface area (Å²) in [5.74, 6) is -0.411. The van der Waals surface area contributed by atoms with Gasteiger partial charge in [0.05, 0.1) is 6.20 Å². The Morgan fingerprint density at radius 3 is 2.38 bits per heavy atom. The van der Waals surface area contributed by atoms with Gasteiger partial charge >= 0.3 is 12.3 Å². The Hall–Kier alpha value is -2.58. The van der Waals surface area contributed by atoms with E-state index in [1.54, 1.807) is 44.9 Å². The molecule has 0 aliphatic carbocycles. The number of carbonyl (C=O) groups excluding carboxylic acids is 1. The molecule has 0 aliphatic rings. The molecule has 0 saturated heterocycles. The SMILES string of the molecule is Cn1cc([C@@H](CNC(=O)OC(C)(C)C)c2ccc(C(F)(F)F)nc2)cn1. The van der Waals surface area contributed by atoms with Crippen molar-refractivity contribution in [3.8, 4) is 0 Å². The molecule has 0 aliphatic heterocycles. The van der Waals surface area contributed by atoms with Crippen LogP contribution in [0.25, 0.3) is 0 Å². The first kappa shape index (κ1) is 19.7. The minimum Gasteiger partial charge on any atom is -0.444 e. The number of halogens is 3. The summed E-state index contributed by atoms with van der Waals surface area (Å²) in [7, 11) is 1.73. The number of alkyl halides is 3. The first-order chi connectivity index (χ1) is 12.0. The van der Waals surface area contributed by atoms with Gasteiger partial charge in [0, 0.05) is 31.9 Å². The number of alkyl carbamates (subject to hydrolysis) is 1. The zero-order valence-electron chi connectivity index (χ0n) is 15.0. The normalized spacial score (nSPS) is 13.3. The van der Waals surface area contributed by atoms with E-state index in [-0.39, 0.29) is 6.54 Å². The van der Waals surface area contributed by atoms with Crippen LogP contribution in [0.2, 0.25) is 0 Å². The number of hydrogen-bond donors (Lipinski definition) is 1. The van der Waals surface area contributed by atoms with Crippen LogP contribution in [-0.2, 0) is 18.0 Å². The predicted octanol–water partition coefficient (Wildman–Crippen LogP) is 3.49. The Bertz CT molecular complexity index is 749. The van der Waals surface area contributed by atoms with Crippen molar-refractivity contribution in [3.63, 3.8) is 0 Å². The maximum absolute atomic E-state index is 12.7. The number of rotatable bonds is 4. The van der Waals surface area contributed by atoms with Gasteiger partial charge in [0.25, 0.3) is 0 Å². The maximum atomic E-state index is 12.7. The molecule has 0 saturated carbocycles. The monoisotopic (exact) mass is 370 g/mol. The lowest BCUT2D eigenvalue weighted by Crippen LogP contribution is -2.35. The number of nitrogens with zero attached hydrogens (tertiary/aromatic N) is 3. The number of aryl methyl sites for hydroxylation is 1. The molecule has 2 aromatic heterocycles. The fourth-order valence-electron chi connectivity index (χ4n) is 2.33. The van der Waals surface area contributed by atoms with Crippen LogP contribution >= 0.6 is 0 Å². The summed E-state index contributed by atoms with van der Waals surface area (Å²) in [6.45, 7) is 5.36. The van der Waals surface area contributed by atoms with Crippen molar-refractivity contribution in [1.29, 1.82) is 0 Å². The van der Waals surface area contributed by atoms with Crippen molar-refractivity contribution in [2.45, 2.75) is 38.5 Å². The smallest absolute Gasteiger partial charge is 0.433 e. The van der Waals surface area contributed by atoms with E-state index in [2.05, 4.69) is 15.4 Å². The molecule has 142 valence electrons. The van der Waals surface area contributed by atoms with Crippen molar-refractivity contribution in [2.75, 3.05) is 6.54 Å². The van der Waals surface area contributed by atoms with E-state index in [0.717, 1.165) is 17.8 Å². The molecule has 2 aromatic rings. The Balaban J connectivity index is 2.21. The first-order valence-electron chi connectivity index (χ1n) is 7.94. The van der Waals surface area contributed by atoms with Crippen LogP contribution in [0.15, 0.2) is 30.7 Å². The highest BCUT2D eigenvalue weighted by Crippen LogP contribution is 2.29. The summed E-state index contributed by atoms with van der Waals surface area (Å²) in [5, 5.41) is 6.72. The molecule has 1 amide bonds. The molecule has 1 N–H and O–H groups in total. The lowest BCUT2D eigenvalue weighted by molar-refractivity contribution is -0.141. The molecule has 0 bridgehead atoms.